The summed E-state index contributed by atoms with van der Waals surface area (Å²) in [7, 11) is 0. The highest BCUT2D eigenvalue weighted by Gasteiger charge is 2.26. The summed E-state index contributed by atoms with van der Waals surface area (Å²) in [6, 6.07) is 7.72. The lowest BCUT2D eigenvalue weighted by Gasteiger charge is -2.08. The lowest BCUT2D eigenvalue weighted by molar-refractivity contribution is 0.0512. The molecule has 26 heavy (non-hydrogen) atoms. The van der Waals surface area contributed by atoms with Gasteiger partial charge in [-0.15, -0.1) is 0 Å². The molecule has 2 aromatic rings. The Hall–Kier alpha value is -2.56. The molecule has 0 spiro atoms. The summed E-state index contributed by atoms with van der Waals surface area (Å²) in [6.07, 6.45) is 0.908. The monoisotopic (exact) mass is 357 g/mol. The number of carbonyl (C=O) groups is 2. The van der Waals surface area contributed by atoms with E-state index in [-0.39, 0.29) is 12.4 Å². The zero-order valence-corrected chi connectivity index (χ0v) is 16.2. The van der Waals surface area contributed by atoms with Gasteiger partial charge in [-0.25, -0.2) is 4.79 Å². The van der Waals surface area contributed by atoms with Crippen molar-refractivity contribution in [3.63, 3.8) is 0 Å². The van der Waals surface area contributed by atoms with Gasteiger partial charge in [0.1, 0.15) is 11.4 Å². The van der Waals surface area contributed by atoms with Crippen molar-refractivity contribution in [3.8, 4) is 5.75 Å². The van der Waals surface area contributed by atoms with E-state index in [2.05, 4.69) is 6.92 Å². The second-order valence-electron chi connectivity index (χ2n) is 6.11. The van der Waals surface area contributed by atoms with Gasteiger partial charge in [0.2, 0.25) is 5.78 Å². The number of rotatable bonds is 8. The van der Waals surface area contributed by atoms with Crippen molar-refractivity contribution in [3.05, 3.63) is 52.3 Å². The molecule has 0 aliphatic heterocycles. The van der Waals surface area contributed by atoms with Gasteiger partial charge < -0.3 is 14.0 Å². The number of aromatic nitrogens is 1. The number of ether oxygens (including phenoxy) is 2. The SMILES string of the molecule is CCOC(=O)c1c(C)c(C(=O)COc2cccc(CC)c2)c(C)n1CC. The van der Waals surface area contributed by atoms with Crippen LogP contribution in [0.25, 0.3) is 0 Å². The van der Waals surface area contributed by atoms with Crippen LogP contribution in [0, 0.1) is 13.8 Å². The Morgan fingerprint density at radius 1 is 1.12 bits per heavy atom. The normalized spacial score (nSPS) is 10.7. The average Bonchev–Trinajstić information content (AvgIpc) is 2.89. The predicted molar refractivity (Wildman–Crippen MR) is 101 cm³/mol. The minimum atomic E-state index is -0.398. The Morgan fingerprint density at radius 3 is 2.46 bits per heavy atom. The van der Waals surface area contributed by atoms with E-state index in [9.17, 15) is 9.59 Å². The molecular formula is C21H27NO4. The molecule has 140 valence electrons. The van der Waals surface area contributed by atoms with Crippen LogP contribution in [0.2, 0.25) is 0 Å². The van der Waals surface area contributed by atoms with E-state index in [0.717, 1.165) is 17.7 Å². The second kappa shape index (κ2) is 8.70. The van der Waals surface area contributed by atoms with E-state index in [1.807, 2.05) is 42.7 Å². The third-order valence-electron chi connectivity index (χ3n) is 4.51. The number of esters is 1. The van der Waals surface area contributed by atoms with Gasteiger partial charge in [0.25, 0.3) is 0 Å². The molecule has 0 amide bonds. The van der Waals surface area contributed by atoms with E-state index in [0.29, 0.717) is 35.7 Å². The van der Waals surface area contributed by atoms with Crippen molar-refractivity contribution < 1.29 is 19.1 Å². The first-order valence-corrected chi connectivity index (χ1v) is 9.06. The van der Waals surface area contributed by atoms with Crippen molar-refractivity contribution in [2.75, 3.05) is 13.2 Å². The highest BCUT2D eigenvalue weighted by molar-refractivity contribution is 6.03. The number of nitrogens with zero attached hydrogens (tertiary/aromatic N) is 1. The van der Waals surface area contributed by atoms with Crippen LogP contribution < -0.4 is 4.74 Å². The van der Waals surface area contributed by atoms with Crippen molar-refractivity contribution in [2.45, 2.75) is 47.6 Å². The van der Waals surface area contributed by atoms with Crippen LogP contribution in [0.5, 0.6) is 5.75 Å². The molecule has 0 fully saturated rings. The first kappa shape index (κ1) is 19.8. The Balaban J connectivity index is 2.26. The number of aryl methyl sites for hydroxylation is 1. The molecule has 1 aromatic carbocycles. The molecule has 0 aliphatic rings. The van der Waals surface area contributed by atoms with Gasteiger partial charge in [-0.3, -0.25) is 4.79 Å². The number of hydrogen-bond acceptors (Lipinski definition) is 4. The first-order chi connectivity index (χ1) is 12.4. The smallest absolute Gasteiger partial charge is 0.355 e. The Bertz CT molecular complexity index is 805. The van der Waals surface area contributed by atoms with Crippen LogP contribution in [0.4, 0.5) is 0 Å². The molecule has 1 aromatic heterocycles. The standard InChI is InChI=1S/C21H27NO4/c1-6-16-10-9-11-17(12-16)26-13-18(23)19-14(4)20(21(24)25-8-3)22(7-2)15(19)5/h9-12H,6-8,13H2,1-5H3. The molecule has 0 unspecified atom stereocenters. The maximum Gasteiger partial charge on any atom is 0.355 e. The number of Topliss-reactive ketones (excluding diaryl/α,β-unsaturated/α-hetero) is 1. The van der Waals surface area contributed by atoms with Crippen molar-refractivity contribution >= 4 is 11.8 Å². The van der Waals surface area contributed by atoms with E-state index >= 15 is 0 Å². The van der Waals surface area contributed by atoms with E-state index in [1.165, 1.54) is 0 Å². The minimum Gasteiger partial charge on any atom is -0.485 e. The minimum absolute atomic E-state index is 0.0646. The van der Waals surface area contributed by atoms with Crippen LogP contribution in [0.1, 0.15) is 58.4 Å². The van der Waals surface area contributed by atoms with Crippen LogP contribution in [0.3, 0.4) is 0 Å². The molecule has 1 heterocycles. The highest BCUT2D eigenvalue weighted by Crippen LogP contribution is 2.24. The summed E-state index contributed by atoms with van der Waals surface area (Å²) in [5, 5.41) is 0. The third-order valence-corrected chi connectivity index (χ3v) is 4.51. The number of benzene rings is 1. The van der Waals surface area contributed by atoms with E-state index in [4.69, 9.17) is 9.47 Å². The molecular weight excluding hydrogens is 330 g/mol. The quantitative estimate of drug-likeness (QED) is 0.527. The van der Waals surface area contributed by atoms with Gasteiger partial charge in [-0.1, -0.05) is 19.1 Å². The number of hydrogen-bond donors (Lipinski definition) is 0. The van der Waals surface area contributed by atoms with Crippen LogP contribution in [0.15, 0.2) is 24.3 Å². The van der Waals surface area contributed by atoms with Gasteiger partial charge in [0.05, 0.1) is 6.61 Å². The summed E-state index contributed by atoms with van der Waals surface area (Å²) in [6.45, 7) is 10.2. The van der Waals surface area contributed by atoms with Gasteiger partial charge in [-0.2, -0.15) is 0 Å². The zero-order chi connectivity index (χ0) is 19.3. The fraction of sp³-hybridized carbons (Fsp3) is 0.429. The van der Waals surface area contributed by atoms with Crippen LogP contribution in [-0.4, -0.2) is 29.5 Å². The largest absolute Gasteiger partial charge is 0.485 e. The van der Waals surface area contributed by atoms with Crippen LogP contribution in [-0.2, 0) is 17.7 Å². The fourth-order valence-corrected chi connectivity index (χ4v) is 3.24. The summed E-state index contributed by atoms with van der Waals surface area (Å²) >= 11 is 0. The van der Waals surface area contributed by atoms with Gasteiger partial charge in [0.15, 0.2) is 6.61 Å². The Kier molecular flexibility index (Phi) is 6.61. The predicted octanol–water partition coefficient (Wildman–Crippen LogP) is 4.13. The molecule has 0 atom stereocenters. The molecule has 2 rings (SSSR count). The molecule has 0 N–H and O–H groups in total. The number of carbonyl (C=O) groups excluding carboxylic acids is 2. The third kappa shape index (κ3) is 3.98. The molecule has 5 nitrogen and oxygen atoms in total. The lowest BCUT2D eigenvalue weighted by Crippen LogP contribution is -2.14. The molecule has 0 aliphatic carbocycles. The molecule has 0 saturated heterocycles. The maximum absolute atomic E-state index is 12.8. The average molecular weight is 357 g/mol. The summed E-state index contributed by atoms with van der Waals surface area (Å²) in [5.41, 5.74) is 3.57. The second-order valence-corrected chi connectivity index (χ2v) is 6.11. The van der Waals surface area contributed by atoms with E-state index < -0.39 is 5.97 Å². The zero-order valence-electron chi connectivity index (χ0n) is 16.2. The number of ketones is 1. The van der Waals surface area contributed by atoms with Gasteiger partial charge in [0, 0.05) is 17.8 Å². The van der Waals surface area contributed by atoms with Gasteiger partial charge >= 0.3 is 5.97 Å². The molecule has 0 saturated carbocycles. The first-order valence-electron chi connectivity index (χ1n) is 9.06. The summed E-state index contributed by atoms with van der Waals surface area (Å²) in [5.74, 6) is 0.138. The molecule has 5 heteroatoms. The van der Waals surface area contributed by atoms with Gasteiger partial charge in [-0.05, 0) is 57.4 Å². The van der Waals surface area contributed by atoms with Crippen molar-refractivity contribution in [1.29, 1.82) is 0 Å². The van der Waals surface area contributed by atoms with Crippen molar-refractivity contribution in [2.24, 2.45) is 0 Å². The Labute approximate surface area is 154 Å². The summed E-state index contributed by atoms with van der Waals surface area (Å²) in [4.78, 5) is 25.1. The molecule has 0 bridgehead atoms. The van der Waals surface area contributed by atoms with E-state index in [1.54, 1.807) is 13.8 Å². The Morgan fingerprint density at radius 2 is 1.85 bits per heavy atom. The fourth-order valence-electron chi connectivity index (χ4n) is 3.24. The molecule has 0 radical (unpaired) electrons. The lowest BCUT2D eigenvalue weighted by atomic mass is 10.1. The van der Waals surface area contributed by atoms with Crippen LogP contribution >= 0.6 is 0 Å². The maximum atomic E-state index is 12.8. The summed E-state index contributed by atoms with van der Waals surface area (Å²) < 4.78 is 12.7. The topological polar surface area (TPSA) is 57.5 Å². The highest BCUT2D eigenvalue weighted by atomic mass is 16.5. The van der Waals surface area contributed by atoms with Crippen molar-refractivity contribution in [1.82, 2.24) is 4.57 Å².